The molecule has 2 fully saturated rings. The van der Waals surface area contributed by atoms with Crippen molar-refractivity contribution in [3.63, 3.8) is 0 Å². The van der Waals surface area contributed by atoms with Crippen LogP contribution in [0.1, 0.15) is 25.8 Å². The Kier molecular flexibility index (Phi) is 5.63. The highest BCUT2D eigenvalue weighted by atomic mass is 35.5. The molecule has 0 spiro atoms. The second-order valence-corrected chi connectivity index (χ2v) is 10.8. The summed E-state index contributed by atoms with van der Waals surface area (Å²) in [6, 6.07) is 0. The molecule has 2 saturated heterocycles. The van der Waals surface area contributed by atoms with Crippen LogP contribution < -0.4 is 4.90 Å². The van der Waals surface area contributed by atoms with Gasteiger partial charge in [0, 0.05) is 44.8 Å². The molecule has 1 amide bonds. The number of halogens is 1. The van der Waals surface area contributed by atoms with Gasteiger partial charge in [-0.3, -0.25) is 0 Å². The van der Waals surface area contributed by atoms with Crippen LogP contribution in [-0.4, -0.2) is 82.4 Å². The van der Waals surface area contributed by atoms with Gasteiger partial charge in [-0.15, -0.1) is 11.3 Å². The Morgan fingerprint density at radius 1 is 1.25 bits per heavy atom. The molecular formula is C21H27ClN6O3S. The normalized spacial score (nSPS) is 21.3. The lowest BCUT2D eigenvalue weighted by Gasteiger charge is -2.27. The van der Waals surface area contributed by atoms with Gasteiger partial charge in [0.05, 0.1) is 19.8 Å². The smallest absolute Gasteiger partial charge is 0.410 e. The Morgan fingerprint density at radius 2 is 2.03 bits per heavy atom. The fourth-order valence-corrected chi connectivity index (χ4v) is 5.53. The van der Waals surface area contributed by atoms with Crippen LogP contribution in [0.5, 0.6) is 0 Å². The SMILES string of the molecule is CC(C)(C)OC(=O)N1CC2=CN(Cc3nc4nc(Cl)nc(N5CCOCC5)c4s3)CC2C1. The number of hydrogen-bond acceptors (Lipinski definition) is 9. The first-order valence-corrected chi connectivity index (χ1v) is 12.0. The maximum absolute atomic E-state index is 12.4. The predicted molar refractivity (Wildman–Crippen MR) is 123 cm³/mol. The van der Waals surface area contributed by atoms with Gasteiger partial charge in [-0.25, -0.2) is 9.78 Å². The van der Waals surface area contributed by atoms with Gasteiger partial charge in [-0.05, 0) is 37.9 Å². The van der Waals surface area contributed by atoms with Gasteiger partial charge in [0.1, 0.15) is 15.3 Å². The second-order valence-electron chi connectivity index (χ2n) is 9.37. The molecule has 1 atom stereocenters. The quantitative estimate of drug-likeness (QED) is 0.622. The highest BCUT2D eigenvalue weighted by Crippen LogP contribution is 2.34. The number of likely N-dealkylation sites (tertiary alicyclic amines) is 1. The number of rotatable bonds is 3. The summed E-state index contributed by atoms with van der Waals surface area (Å²) in [4.78, 5) is 32.2. The third kappa shape index (κ3) is 4.49. The first-order valence-electron chi connectivity index (χ1n) is 10.8. The van der Waals surface area contributed by atoms with E-state index in [1.54, 1.807) is 16.2 Å². The van der Waals surface area contributed by atoms with Crippen molar-refractivity contribution in [2.45, 2.75) is 32.9 Å². The number of ether oxygens (including phenoxy) is 2. The van der Waals surface area contributed by atoms with Crippen LogP contribution in [0.4, 0.5) is 10.6 Å². The van der Waals surface area contributed by atoms with Crippen molar-refractivity contribution in [3.05, 3.63) is 22.1 Å². The van der Waals surface area contributed by atoms with Gasteiger partial charge in [0.15, 0.2) is 11.5 Å². The van der Waals surface area contributed by atoms with E-state index >= 15 is 0 Å². The fourth-order valence-electron chi connectivity index (χ4n) is 4.32. The molecule has 32 heavy (non-hydrogen) atoms. The van der Waals surface area contributed by atoms with Crippen LogP contribution in [0.15, 0.2) is 11.8 Å². The summed E-state index contributed by atoms with van der Waals surface area (Å²) in [5.74, 6) is 1.19. The zero-order valence-corrected chi connectivity index (χ0v) is 20.1. The number of aromatic nitrogens is 3. The van der Waals surface area contributed by atoms with Crippen LogP contribution in [0, 0.1) is 5.92 Å². The van der Waals surface area contributed by atoms with Crippen molar-refractivity contribution >= 4 is 45.2 Å². The summed E-state index contributed by atoms with van der Waals surface area (Å²) in [7, 11) is 0. The fraction of sp³-hybridized carbons (Fsp3) is 0.619. The second kappa shape index (κ2) is 8.31. The lowest BCUT2D eigenvalue weighted by Crippen LogP contribution is -2.36. The topological polar surface area (TPSA) is 83.9 Å². The number of thiazole rings is 1. The van der Waals surface area contributed by atoms with Crippen molar-refractivity contribution < 1.29 is 14.3 Å². The molecule has 0 aromatic carbocycles. The summed E-state index contributed by atoms with van der Waals surface area (Å²) in [6.07, 6.45) is 1.93. The van der Waals surface area contributed by atoms with Crippen LogP contribution in [-0.2, 0) is 16.0 Å². The van der Waals surface area contributed by atoms with E-state index in [1.807, 2.05) is 20.8 Å². The molecule has 0 saturated carbocycles. The van der Waals surface area contributed by atoms with Crippen LogP contribution in [0.2, 0.25) is 5.28 Å². The number of fused-ring (bicyclic) bond motifs is 2. The van der Waals surface area contributed by atoms with Gasteiger partial charge in [0.2, 0.25) is 5.28 Å². The minimum Gasteiger partial charge on any atom is -0.444 e. The first kappa shape index (κ1) is 21.7. The molecule has 2 aromatic heterocycles. The van der Waals surface area contributed by atoms with E-state index in [4.69, 9.17) is 26.1 Å². The molecule has 3 aliphatic heterocycles. The van der Waals surface area contributed by atoms with E-state index in [-0.39, 0.29) is 11.4 Å². The third-order valence-electron chi connectivity index (χ3n) is 5.70. The lowest BCUT2D eigenvalue weighted by molar-refractivity contribution is 0.0286. The molecule has 0 N–H and O–H groups in total. The Hall–Kier alpha value is -2.17. The molecule has 3 aliphatic rings. The van der Waals surface area contributed by atoms with E-state index in [0.717, 1.165) is 35.2 Å². The Bertz CT molecular complexity index is 1060. The highest BCUT2D eigenvalue weighted by molar-refractivity contribution is 7.19. The Labute approximate surface area is 196 Å². The summed E-state index contributed by atoms with van der Waals surface area (Å²) in [5, 5.41) is 1.20. The van der Waals surface area contributed by atoms with Crippen molar-refractivity contribution in [1.82, 2.24) is 24.8 Å². The highest BCUT2D eigenvalue weighted by Gasteiger charge is 2.37. The number of morpholine rings is 1. The molecule has 172 valence electrons. The number of amides is 1. The maximum atomic E-state index is 12.4. The van der Waals surface area contributed by atoms with Gasteiger partial charge >= 0.3 is 6.09 Å². The lowest BCUT2D eigenvalue weighted by atomic mass is 10.1. The molecule has 0 radical (unpaired) electrons. The van der Waals surface area contributed by atoms with E-state index in [0.29, 0.717) is 44.4 Å². The minimum atomic E-state index is -0.478. The molecule has 0 aliphatic carbocycles. The average Bonchev–Trinajstić information content (AvgIpc) is 3.39. The number of carbonyl (C=O) groups is 1. The van der Waals surface area contributed by atoms with E-state index in [1.165, 1.54) is 5.57 Å². The Balaban J connectivity index is 1.29. The van der Waals surface area contributed by atoms with E-state index in [9.17, 15) is 4.79 Å². The average molecular weight is 479 g/mol. The molecule has 11 heteroatoms. The zero-order valence-electron chi connectivity index (χ0n) is 18.5. The van der Waals surface area contributed by atoms with Gasteiger partial charge in [0.25, 0.3) is 0 Å². The zero-order chi connectivity index (χ0) is 22.5. The van der Waals surface area contributed by atoms with Gasteiger partial charge in [-0.2, -0.15) is 9.97 Å². The van der Waals surface area contributed by atoms with Gasteiger partial charge < -0.3 is 24.2 Å². The van der Waals surface area contributed by atoms with Crippen LogP contribution >= 0.6 is 22.9 Å². The van der Waals surface area contributed by atoms with E-state index in [2.05, 4.69) is 26.0 Å². The molecule has 5 heterocycles. The number of hydrogen-bond donors (Lipinski definition) is 0. The van der Waals surface area contributed by atoms with Crippen molar-refractivity contribution in [2.75, 3.05) is 50.8 Å². The molecular weight excluding hydrogens is 452 g/mol. The predicted octanol–water partition coefficient (Wildman–Crippen LogP) is 3.14. The summed E-state index contributed by atoms with van der Waals surface area (Å²) < 4.78 is 11.9. The molecule has 9 nitrogen and oxygen atoms in total. The van der Waals surface area contributed by atoms with Gasteiger partial charge in [-0.1, -0.05) is 0 Å². The number of carbonyl (C=O) groups excluding carboxylic acids is 1. The van der Waals surface area contributed by atoms with Crippen molar-refractivity contribution in [3.8, 4) is 0 Å². The monoisotopic (exact) mass is 478 g/mol. The maximum Gasteiger partial charge on any atom is 0.410 e. The summed E-state index contributed by atoms with van der Waals surface area (Å²) in [5.41, 5.74) is 1.44. The minimum absolute atomic E-state index is 0.218. The summed E-state index contributed by atoms with van der Waals surface area (Å²) in [6.45, 7) is 11.5. The molecule has 1 unspecified atom stereocenters. The van der Waals surface area contributed by atoms with Crippen molar-refractivity contribution in [2.24, 2.45) is 5.92 Å². The van der Waals surface area contributed by atoms with Crippen molar-refractivity contribution in [1.29, 1.82) is 0 Å². The molecule has 0 bridgehead atoms. The Morgan fingerprint density at radius 3 is 2.75 bits per heavy atom. The largest absolute Gasteiger partial charge is 0.444 e. The molecule has 2 aromatic rings. The standard InChI is InChI=1S/C21H27ClN6O3S/c1-21(2,3)31-20(29)28-10-13-8-26(9-14(13)11-28)12-15-23-17-16(32-15)18(25-19(22)24-17)27-4-6-30-7-5-27/h8,14H,4-7,9-12H2,1-3H3. The van der Waals surface area contributed by atoms with Crippen LogP contribution in [0.25, 0.3) is 10.3 Å². The number of anilines is 1. The third-order valence-corrected chi connectivity index (χ3v) is 6.89. The molecule has 5 rings (SSSR count). The van der Waals surface area contributed by atoms with Crippen LogP contribution in [0.3, 0.4) is 0 Å². The first-order chi connectivity index (χ1) is 15.2. The van der Waals surface area contributed by atoms with E-state index < -0.39 is 5.60 Å². The summed E-state index contributed by atoms with van der Waals surface area (Å²) >= 11 is 7.81. The number of nitrogens with zero attached hydrogens (tertiary/aromatic N) is 6.